The molecule has 0 saturated carbocycles. The van der Waals surface area contributed by atoms with Crippen molar-refractivity contribution in [3.63, 3.8) is 0 Å². The van der Waals surface area contributed by atoms with Crippen molar-refractivity contribution in [2.45, 2.75) is 141 Å². The highest BCUT2D eigenvalue weighted by Gasteiger charge is 2.41. The van der Waals surface area contributed by atoms with Gasteiger partial charge in [0.2, 0.25) is 10.0 Å². The van der Waals surface area contributed by atoms with Gasteiger partial charge in [0.25, 0.3) is 0 Å². The van der Waals surface area contributed by atoms with Crippen LogP contribution in [0, 0.1) is 0 Å². The van der Waals surface area contributed by atoms with Crippen LogP contribution in [0.4, 0.5) is 0 Å². The molecule has 0 fully saturated rings. The Kier molecular flexibility index (Phi) is 12.2. The number of unbranched alkanes of at least 4 members (excludes halogenated alkanes) is 1. The number of sulfonamides is 1. The van der Waals surface area contributed by atoms with Gasteiger partial charge in [0.15, 0.2) is 16.6 Å². The molecule has 38 heavy (non-hydrogen) atoms. The van der Waals surface area contributed by atoms with E-state index in [0.717, 1.165) is 11.8 Å². The van der Waals surface area contributed by atoms with Crippen molar-refractivity contribution >= 4 is 32.9 Å². The number of carbonyl (C=O) groups excluding carboxylic acids is 1. The summed E-state index contributed by atoms with van der Waals surface area (Å²) in [5.41, 5.74) is 0.966. The molecule has 220 valence electrons. The van der Waals surface area contributed by atoms with Crippen LogP contribution in [0.5, 0.6) is 0 Å². The molecule has 0 radical (unpaired) electrons. The van der Waals surface area contributed by atoms with Crippen LogP contribution in [0.1, 0.15) is 93.2 Å². The molecule has 0 unspecified atom stereocenters. The molecule has 0 aliphatic carbocycles. The van der Waals surface area contributed by atoms with E-state index in [9.17, 15) is 13.2 Å². The second-order valence-corrected chi connectivity index (χ2v) is 25.2. The van der Waals surface area contributed by atoms with E-state index in [2.05, 4.69) is 67.7 Å². The van der Waals surface area contributed by atoms with Crippen LogP contribution in [0.2, 0.25) is 36.3 Å². The third-order valence-corrected chi connectivity index (χ3v) is 19.6. The molecule has 9 heteroatoms. The first-order chi connectivity index (χ1) is 17.1. The quantitative estimate of drug-likeness (QED) is 0.126. The van der Waals surface area contributed by atoms with Crippen molar-refractivity contribution in [2.75, 3.05) is 6.61 Å². The zero-order valence-electron chi connectivity index (χ0n) is 26.3. The fourth-order valence-corrected chi connectivity index (χ4v) is 8.11. The molecule has 0 saturated heterocycles. The summed E-state index contributed by atoms with van der Waals surface area (Å²) in [6.07, 6.45) is 2.37. The largest absolute Gasteiger partial charge is 0.415 e. The van der Waals surface area contributed by atoms with Gasteiger partial charge in [0.1, 0.15) is 6.29 Å². The standard InChI is InChI=1S/C29H55NO5SSi2/c1-23(2)30(26(16-14-15-21-31)22-34-37(10,11)28(4,5)6)36(32,33)27-19-17-25(18-20-27)24(3)35-38(12,13)29(7,8)9/h17-21,23-24,26H,14-16,22H2,1-13H3/t24-,26+/m1/s1. The van der Waals surface area contributed by atoms with Crippen molar-refractivity contribution in [1.82, 2.24) is 4.31 Å². The average molecular weight is 586 g/mol. The fourth-order valence-electron chi connectivity index (χ4n) is 3.86. The molecule has 0 heterocycles. The second-order valence-electron chi connectivity index (χ2n) is 13.8. The van der Waals surface area contributed by atoms with Gasteiger partial charge in [-0.1, -0.05) is 53.7 Å². The van der Waals surface area contributed by atoms with Crippen LogP contribution in [-0.4, -0.2) is 54.3 Å². The average Bonchev–Trinajstić information content (AvgIpc) is 2.75. The first kappa shape index (κ1) is 35.2. The molecule has 1 aromatic rings. The number of nitrogens with zero attached hydrogens (tertiary/aromatic N) is 1. The van der Waals surface area contributed by atoms with Gasteiger partial charge in [0, 0.05) is 18.5 Å². The predicted molar refractivity (Wildman–Crippen MR) is 164 cm³/mol. The molecule has 1 aromatic carbocycles. The van der Waals surface area contributed by atoms with Crippen molar-refractivity contribution in [3.8, 4) is 0 Å². The summed E-state index contributed by atoms with van der Waals surface area (Å²) in [7, 11) is -7.85. The zero-order valence-corrected chi connectivity index (χ0v) is 29.2. The maximum absolute atomic E-state index is 14.0. The molecular formula is C29H55NO5SSi2. The van der Waals surface area contributed by atoms with Crippen LogP contribution in [0.15, 0.2) is 29.2 Å². The number of hydrogen-bond donors (Lipinski definition) is 0. The summed E-state index contributed by atoms with van der Waals surface area (Å²) in [6.45, 7) is 28.1. The van der Waals surface area contributed by atoms with Gasteiger partial charge >= 0.3 is 0 Å². The number of carbonyl (C=O) groups is 1. The molecule has 0 aliphatic heterocycles. The van der Waals surface area contributed by atoms with E-state index >= 15 is 0 Å². The Morgan fingerprint density at radius 3 is 1.82 bits per heavy atom. The van der Waals surface area contributed by atoms with Gasteiger partial charge in [-0.25, -0.2) is 8.42 Å². The molecule has 0 aliphatic rings. The summed E-state index contributed by atoms with van der Waals surface area (Å²) < 4.78 is 42.6. The van der Waals surface area contributed by atoms with Gasteiger partial charge in [-0.15, -0.1) is 0 Å². The molecule has 0 aromatic heterocycles. The van der Waals surface area contributed by atoms with Crippen LogP contribution in [0.25, 0.3) is 0 Å². The monoisotopic (exact) mass is 585 g/mol. The van der Waals surface area contributed by atoms with E-state index in [0.29, 0.717) is 25.9 Å². The third-order valence-electron chi connectivity index (χ3n) is 8.37. The molecule has 2 atom stereocenters. The van der Waals surface area contributed by atoms with E-state index in [-0.39, 0.29) is 33.2 Å². The number of aldehydes is 1. The minimum Gasteiger partial charge on any atom is -0.415 e. The maximum atomic E-state index is 14.0. The highest BCUT2D eigenvalue weighted by Crippen LogP contribution is 2.40. The highest BCUT2D eigenvalue weighted by atomic mass is 32.2. The first-order valence-electron chi connectivity index (χ1n) is 14.0. The van der Waals surface area contributed by atoms with Gasteiger partial charge in [-0.3, -0.25) is 0 Å². The fraction of sp³-hybridized carbons (Fsp3) is 0.759. The van der Waals surface area contributed by atoms with Crippen molar-refractivity contribution in [3.05, 3.63) is 29.8 Å². The first-order valence-corrected chi connectivity index (χ1v) is 21.2. The van der Waals surface area contributed by atoms with Crippen molar-refractivity contribution in [1.29, 1.82) is 0 Å². The number of benzene rings is 1. The van der Waals surface area contributed by atoms with Crippen LogP contribution < -0.4 is 0 Å². The lowest BCUT2D eigenvalue weighted by molar-refractivity contribution is -0.108. The summed E-state index contributed by atoms with van der Waals surface area (Å²) in [6, 6.07) is 6.53. The smallest absolute Gasteiger partial charge is 0.243 e. The molecular weight excluding hydrogens is 531 g/mol. The molecule has 0 N–H and O–H groups in total. The summed E-state index contributed by atoms with van der Waals surface area (Å²) >= 11 is 0. The Hall–Kier alpha value is -0.846. The topological polar surface area (TPSA) is 72.9 Å². The van der Waals surface area contributed by atoms with E-state index in [1.165, 1.54) is 0 Å². The van der Waals surface area contributed by atoms with Gasteiger partial charge in [-0.05, 0) is 87.6 Å². The Morgan fingerprint density at radius 2 is 1.39 bits per heavy atom. The highest BCUT2D eigenvalue weighted by molar-refractivity contribution is 7.89. The van der Waals surface area contributed by atoms with Crippen LogP contribution in [0.3, 0.4) is 0 Å². The van der Waals surface area contributed by atoms with E-state index in [4.69, 9.17) is 8.85 Å². The summed E-state index contributed by atoms with van der Waals surface area (Å²) in [4.78, 5) is 11.3. The zero-order chi connectivity index (χ0) is 29.7. The summed E-state index contributed by atoms with van der Waals surface area (Å²) in [5.74, 6) is 0. The Balaban J connectivity index is 3.30. The predicted octanol–water partition coefficient (Wildman–Crippen LogP) is 7.93. The molecule has 0 bridgehead atoms. The van der Waals surface area contributed by atoms with E-state index < -0.39 is 26.7 Å². The Labute approximate surface area is 236 Å². The van der Waals surface area contributed by atoms with Crippen LogP contribution in [-0.2, 0) is 23.7 Å². The molecule has 0 spiro atoms. The lowest BCUT2D eigenvalue weighted by atomic mass is 10.1. The van der Waals surface area contributed by atoms with Gasteiger partial charge < -0.3 is 13.6 Å². The normalized spacial score (nSPS) is 15.7. The van der Waals surface area contributed by atoms with Crippen molar-refractivity contribution in [2.24, 2.45) is 0 Å². The van der Waals surface area contributed by atoms with Crippen LogP contribution >= 0.6 is 0 Å². The second kappa shape index (κ2) is 13.2. The minimum absolute atomic E-state index is 0.0148. The molecule has 6 nitrogen and oxygen atoms in total. The van der Waals surface area contributed by atoms with Gasteiger partial charge in [-0.2, -0.15) is 4.31 Å². The minimum atomic E-state index is -3.79. The SMILES string of the molecule is CC(C)N([C@@H](CCCC=O)CO[Si](C)(C)C(C)(C)C)S(=O)(=O)c1ccc([C@@H](C)O[Si](C)(C)C(C)(C)C)cc1. The Morgan fingerprint density at radius 1 is 0.895 bits per heavy atom. The third kappa shape index (κ3) is 9.09. The Bertz CT molecular complexity index is 993. The maximum Gasteiger partial charge on any atom is 0.243 e. The number of hydrogen-bond acceptors (Lipinski definition) is 5. The van der Waals surface area contributed by atoms with E-state index in [1.807, 2.05) is 32.9 Å². The van der Waals surface area contributed by atoms with E-state index in [1.54, 1.807) is 16.4 Å². The molecule has 0 amide bonds. The lowest BCUT2D eigenvalue weighted by Crippen LogP contribution is -2.50. The number of rotatable bonds is 14. The van der Waals surface area contributed by atoms with Gasteiger partial charge in [0.05, 0.1) is 17.6 Å². The summed E-state index contributed by atoms with van der Waals surface area (Å²) in [5, 5.41) is 0.106. The molecule has 1 rings (SSSR count). The van der Waals surface area contributed by atoms with Crippen molar-refractivity contribution < 1.29 is 22.1 Å². The lowest BCUT2D eigenvalue weighted by Gasteiger charge is -2.40.